The number of hydrogen-bond donors (Lipinski definition) is 2. The summed E-state index contributed by atoms with van der Waals surface area (Å²) in [4.78, 5) is 23.7. The number of carbonyl (C=O) groups is 1. The van der Waals surface area contributed by atoms with Gasteiger partial charge in [-0.3, -0.25) is 14.9 Å². The lowest BCUT2D eigenvalue weighted by molar-refractivity contribution is -0.928. The largest absolute Gasteiger partial charge is 0.352 e. The van der Waals surface area contributed by atoms with Crippen LogP contribution in [0.3, 0.4) is 0 Å². The Bertz CT molecular complexity index is 601. The molecule has 1 aromatic rings. The third kappa shape index (κ3) is 5.77. The van der Waals surface area contributed by atoms with Gasteiger partial charge in [0, 0.05) is 31.2 Å². The summed E-state index contributed by atoms with van der Waals surface area (Å²) in [5, 5.41) is 13.6. The Kier molecular flexibility index (Phi) is 6.93. The van der Waals surface area contributed by atoms with Crippen molar-refractivity contribution >= 4 is 17.7 Å². The first kappa shape index (κ1) is 18.1. The lowest BCUT2D eigenvalue weighted by atomic mass is 10.0. The molecular weight excluding hydrogens is 306 g/mol. The van der Waals surface area contributed by atoms with Crippen LogP contribution in [0.4, 0.5) is 5.69 Å². The van der Waals surface area contributed by atoms with Crippen molar-refractivity contribution in [2.75, 3.05) is 19.6 Å². The van der Waals surface area contributed by atoms with Crippen molar-refractivity contribution in [3.05, 3.63) is 46.0 Å². The second-order valence-electron chi connectivity index (χ2n) is 6.39. The van der Waals surface area contributed by atoms with E-state index in [0.717, 1.165) is 19.0 Å². The molecule has 2 rings (SSSR count). The Balaban J connectivity index is 1.71. The Hall–Kier alpha value is -2.21. The van der Waals surface area contributed by atoms with E-state index in [1.54, 1.807) is 23.1 Å². The highest BCUT2D eigenvalue weighted by Gasteiger charge is 2.20. The zero-order chi connectivity index (χ0) is 17.4. The number of benzene rings is 1. The van der Waals surface area contributed by atoms with Crippen LogP contribution >= 0.6 is 0 Å². The summed E-state index contributed by atoms with van der Waals surface area (Å²) in [6, 6.07) is 6.95. The first-order valence-electron chi connectivity index (χ1n) is 8.61. The molecule has 1 heterocycles. The molecule has 1 aliphatic heterocycles. The van der Waals surface area contributed by atoms with Crippen molar-refractivity contribution in [2.24, 2.45) is 0 Å². The Labute approximate surface area is 142 Å². The third-order valence-electron chi connectivity index (χ3n) is 4.56. The van der Waals surface area contributed by atoms with Crippen LogP contribution in [-0.4, -0.2) is 36.5 Å². The Morgan fingerprint density at radius 2 is 2.29 bits per heavy atom. The molecule has 130 valence electrons. The fraction of sp³-hybridized carbons (Fsp3) is 0.500. The molecule has 0 aromatic heterocycles. The molecule has 1 amide bonds. The average Bonchev–Trinajstić information content (AvgIpc) is 2.58. The number of piperidine rings is 1. The maximum Gasteiger partial charge on any atom is 0.270 e. The van der Waals surface area contributed by atoms with E-state index in [2.05, 4.69) is 12.2 Å². The summed E-state index contributed by atoms with van der Waals surface area (Å²) in [6.45, 7) is 5.29. The standard InChI is InChI=1S/C18H25N3O3/c1-15-6-2-3-12-20(15)13-5-11-19-18(22)10-9-16-7-4-8-17(14-16)21(23)24/h4,7-10,14-15H,2-3,5-6,11-13H2,1H3,(H,19,22)/p+1/b10-9+/t15-/m1/s1. The molecule has 1 aromatic carbocycles. The topological polar surface area (TPSA) is 76.7 Å². The minimum absolute atomic E-state index is 0.0242. The number of amides is 1. The summed E-state index contributed by atoms with van der Waals surface area (Å²) in [7, 11) is 0. The molecule has 0 bridgehead atoms. The highest BCUT2D eigenvalue weighted by atomic mass is 16.6. The van der Waals surface area contributed by atoms with E-state index in [1.165, 1.54) is 44.0 Å². The SMILES string of the molecule is C[C@@H]1CCCC[NH+]1CCCNC(=O)/C=C/c1cccc([N+](=O)[O-])c1. The maximum atomic E-state index is 11.8. The molecule has 6 heteroatoms. The normalized spacial score (nSPS) is 20.9. The number of nitrogens with one attached hydrogen (secondary N) is 2. The fourth-order valence-electron chi connectivity index (χ4n) is 3.12. The molecule has 1 unspecified atom stereocenters. The summed E-state index contributed by atoms with van der Waals surface area (Å²) in [5.74, 6) is -0.164. The van der Waals surface area contributed by atoms with Gasteiger partial charge in [-0.25, -0.2) is 0 Å². The number of hydrogen-bond acceptors (Lipinski definition) is 3. The molecule has 0 spiro atoms. The van der Waals surface area contributed by atoms with Crippen LogP contribution in [0.25, 0.3) is 6.08 Å². The van der Waals surface area contributed by atoms with E-state index in [0.29, 0.717) is 12.1 Å². The van der Waals surface area contributed by atoms with E-state index in [-0.39, 0.29) is 11.6 Å². The van der Waals surface area contributed by atoms with E-state index in [1.807, 2.05) is 0 Å². The van der Waals surface area contributed by atoms with Crippen LogP contribution in [0, 0.1) is 10.1 Å². The average molecular weight is 332 g/mol. The second-order valence-corrected chi connectivity index (χ2v) is 6.39. The van der Waals surface area contributed by atoms with Crippen molar-refractivity contribution in [1.82, 2.24) is 5.32 Å². The number of nitrogens with zero attached hydrogens (tertiary/aromatic N) is 1. The van der Waals surface area contributed by atoms with Crippen LogP contribution in [0.15, 0.2) is 30.3 Å². The second kappa shape index (κ2) is 9.17. The first-order valence-corrected chi connectivity index (χ1v) is 8.61. The minimum Gasteiger partial charge on any atom is -0.352 e. The zero-order valence-electron chi connectivity index (χ0n) is 14.2. The number of rotatable bonds is 7. The van der Waals surface area contributed by atoms with E-state index < -0.39 is 4.92 Å². The van der Waals surface area contributed by atoms with Gasteiger partial charge in [-0.05, 0) is 37.8 Å². The van der Waals surface area contributed by atoms with E-state index in [4.69, 9.17) is 0 Å². The van der Waals surface area contributed by atoms with Gasteiger partial charge in [0.05, 0.1) is 24.1 Å². The molecule has 0 aliphatic carbocycles. The smallest absolute Gasteiger partial charge is 0.270 e. The predicted molar refractivity (Wildman–Crippen MR) is 93.8 cm³/mol. The molecular formula is C18H26N3O3+. The number of carbonyl (C=O) groups excluding carboxylic acids is 1. The van der Waals surface area contributed by atoms with Gasteiger partial charge in [0.15, 0.2) is 0 Å². The minimum atomic E-state index is -0.443. The third-order valence-corrected chi connectivity index (χ3v) is 4.56. The molecule has 24 heavy (non-hydrogen) atoms. The number of quaternary nitrogens is 1. The molecule has 2 N–H and O–H groups in total. The maximum absolute atomic E-state index is 11.8. The summed E-state index contributed by atoms with van der Waals surface area (Å²) >= 11 is 0. The fourth-order valence-corrected chi connectivity index (χ4v) is 3.12. The quantitative estimate of drug-likeness (QED) is 0.344. The highest BCUT2D eigenvalue weighted by Crippen LogP contribution is 2.13. The van der Waals surface area contributed by atoms with Gasteiger partial charge >= 0.3 is 0 Å². The lowest BCUT2D eigenvalue weighted by Gasteiger charge is -2.30. The molecule has 1 aliphatic rings. The van der Waals surface area contributed by atoms with Crippen molar-refractivity contribution in [2.45, 2.75) is 38.6 Å². The van der Waals surface area contributed by atoms with Crippen LogP contribution in [0.1, 0.15) is 38.2 Å². The zero-order valence-corrected chi connectivity index (χ0v) is 14.2. The van der Waals surface area contributed by atoms with Gasteiger partial charge in [-0.1, -0.05) is 12.1 Å². The lowest BCUT2D eigenvalue weighted by Crippen LogP contribution is -3.16. The number of non-ortho nitro benzene ring substituents is 1. The molecule has 0 saturated carbocycles. The van der Waals surface area contributed by atoms with Crippen molar-refractivity contribution in [1.29, 1.82) is 0 Å². The summed E-state index contributed by atoms with van der Waals surface area (Å²) in [6.07, 6.45) is 7.93. The van der Waals surface area contributed by atoms with Gasteiger partial charge in [-0.2, -0.15) is 0 Å². The molecule has 1 saturated heterocycles. The van der Waals surface area contributed by atoms with E-state index in [9.17, 15) is 14.9 Å². The van der Waals surface area contributed by atoms with Crippen molar-refractivity contribution in [3.63, 3.8) is 0 Å². The number of nitro groups is 1. The molecule has 6 nitrogen and oxygen atoms in total. The van der Waals surface area contributed by atoms with E-state index >= 15 is 0 Å². The number of likely N-dealkylation sites (tertiary alicyclic amines) is 1. The van der Waals surface area contributed by atoms with Gasteiger partial charge in [0.1, 0.15) is 0 Å². The molecule has 0 radical (unpaired) electrons. The van der Waals surface area contributed by atoms with Crippen molar-refractivity contribution < 1.29 is 14.6 Å². The first-order chi connectivity index (χ1) is 11.6. The summed E-state index contributed by atoms with van der Waals surface area (Å²) in [5.41, 5.74) is 0.669. The summed E-state index contributed by atoms with van der Waals surface area (Å²) < 4.78 is 0. The van der Waals surface area contributed by atoms with Crippen LogP contribution in [0.5, 0.6) is 0 Å². The van der Waals surface area contributed by atoms with Gasteiger partial charge in [0.2, 0.25) is 5.91 Å². The predicted octanol–water partition coefficient (Wildman–Crippen LogP) is 1.57. The van der Waals surface area contributed by atoms with Gasteiger partial charge in [0.25, 0.3) is 5.69 Å². The van der Waals surface area contributed by atoms with Crippen LogP contribution in [-0.2, 0) is 4.79 Å². The van der Waals surface area contributed by atoms with Crippen molar-refractivity contribution in [3.8, 4) is 0 Å². The Morgan fingerprint density at radius 1 is 1.46 bits per heavy atom. The molecule has 1 fully saturated rings. The van der Waals surface area contributed by atoms with Crippen LogP contribution < -0.4 is 10.2 Å². The molecule has 2 atom stereocenters. The number of nitro benzene ring substituents is 1. The van der Waals surface area contributed by atoms with Crippen LogP contribution in [0.2, 0.25) is 0 Å². The monoisotopic (exact) mass is 332 g/mol. The Morgan fingerprint density at radius 3 is 3.04 bits per heavy atom. The van der Waals surface area contributed by atoms with Gasteiger partial charge < -0.3 is 10.2 Å². The highest BCUT2D eigenvalue weighted by molar-refractivity contribution is 5.91. The van der Waals surface area contributed by atoms with Gasteiger partial charge in [-0.15, -0.1) is 0 Å².